The zero-order valence-corrected chi connectivity index (χ0v) is 39.8. The van der Waals surface area contributed by atoms with E-state index in [9.17, 15) is 19.8 Å². The number of aliphatic hydroxyl groups excluding tert-OH is 2. The van der Waals surface area contributed by atoms with Crippen LogP contribution in [0.1, 0.15) is 226 Å². The molecule has 0 saturated heterocycles. The van der Waals surface area contributed by atoms with Gasteiger partial charge in [-0.15, -0.1) is 0 Å². The van der Waals surface area contributed by atoms with Crippen molar-refractivity contribution in [3.63, 3.8) is 0 Å². The summed E-state index contributed by atoms with van der Waals surface area (Å²) in [5, 5.41) is 23.7. The number of ether oxygens (including phenoxy) is 1. The van der Waals surface area contributed by atoms with Crippen LogP contribution in [-0.4, -0.2) is 46.9 Å². The highest BCUT2D eigenvalue weighted by Gasteiger charge is 2.23. The normalized spacial score (nSPS) is 14.0. The fourth-order valence-electron chi connectivity index (χ4n) is 7.15. The Morgan fingerprint density at radius 3 is 1.39 bits per heavy atom. The molecule has 0 heterocycles. The highest BCUT2D eigenvalue weighted by Crippen LogP contribution is 2.16. The molecule has 0 saturated carbocycles. The number of carbonyl (C=O) groups is 2. The number of hydrogen-bond donors (Lipinski definition) is 3. The number of nitrogens with one attached hydrogen (secondary N) is 1. The van der Waals surface area contributed by atoms with E-state index < -0.39 is 18.2 Å². The van der Waals surface area contributed by atoms with Crippen LogP contribution in [0, 0.1) is 0 Å². The Morgan fingerprint density at radius 1 is 0.508 bits per heavy atom. The standard InChI is InChI=1S/C55H95NO5/c1-4-7-10-13-16-19-22-25-27-29-31-34-37-40-43-46-51(61-55(60)48-45-42-39-36-33-28-24-21-18-15-12-9-6-3)49-54(59)56-52(50-57)53(58)47-44-41-38-35-32-30-26-23-20-17-14-11-8-5-2/h7,10,16,19,25,27-28,31,33-34,39-40,42-43,51-53,57-58H,4-6,8-9,11-15,17-18,20-24,26,29-30,32,35-38,41,44-50H2,1-3H3,(H,56,59)/b10-7-,19-16-,27-25-,33-28-,34-31-,42-39+,43-40-. The molecule has 1 amide bonds. The van der Waals surface area contributed by atoms with Crippen molar-refractivity contribution in [1.29, 1.82) is 0 Å². The van der Waals surface area contributed by atoms with Gasteiger partial charge in [-0.1, -0.05) is 228 Å². The number of rotatable bonds is 44. The van der Waals surface area contributed by atoms with E-state index in [4.69, 9.17) is 4.74 Å². The van der Waals surface area contributed by atoms with Crippen molar-refractivity contribution in [1.82, 2.24) is 5.32 Å². The largest absolute Gasteiger partial charge is 0.461 e. The van der Waals surface area contributed by atoms with E-state index in [0.717, 1.165) is 64.2 Å². The van der Waals surface area contributed by atoms with Crippen LogP contribution in [0.4, 0.5) is 0 Å². The van der Waals surface area contributed by atoms with Crippen LogP contribution < -0.4 is 5.32 Å². The molecule has 350 valence electrons. The van der Waals surface area contributed by atoms with Gasteiger partial charge in [0.25, 0.3) is 0 Å². The lowest BCUT2D eigenvalue weighted by atomic mass is 10.0. The summed E-state index contributed by atoms with van der Waals surface area (Å²) in [6, 6.07) is -0.746. The van der Waals surface area contributed by atoms with Gasteiger partial charge in [0.2, 0.25) is 5.91 Å². The average molecular weight is 850 g/mol. The number of amides is 1. The zero-order chi connectivity index (χ0) is 44.5. The van der Waals surface area contributed by atoms with Crippen molar-refractivity contribution in [2.45, 2.75) is 244 Å². The molecule has 0 rings (SSSR count). The second kappa shape index (κ2) is 48.1. The third kappa shape index (κ3) is 43.5. The Hall–Kier alpha value is -2.96. The van der Waals surface area contributed by atoms with Crippen molar-refractivity contribution in [2.75, 3.05) is 6.61 Å². The molecule has 6 heteroatoms. The zero-order valence-electron chi connectivity index (χ0n) is 39.8. The van der Waals surface area contributed by atoms with E-state index in [1.807, 2.05) is 18.2 Å². The van der Waals surface area contributed by atoms with E-state index in [1.165, 1.54) is 109 Å². The Balaban J connectivity index is 4.79. The molecule has 0 aliphatic rings. The molecule has 0 aliphatic carbocycles. The van der Waals surface area contributed by atoms with E-state index in [1.54, 1.807) is 0 Å². The van der Waals surface area contributed by atoms with Crippen LogP contribution >= 0.6 is 0 Å². The van der Waals surface area contributed by atoms with E-state index in [-0.39, 0.29) is 31.3 Å². The molecular formula is C55H95NO5. The molecule has 6 nitrogen and oxygen atoms in total. The summed E-state index contributed by atoms with van der Waals surface area (Å²) >= 11 is 0. The van der Waals surface area contributed by atoms with Gasteiger partial charge in [-0.25, -0.2) is 0 Å². The molecule has 61 heavy (non-hydrogen) atoms. The molecule has 0 aromatic heterocycles. The van der Waals surface area contributed by atoms with Crippen LogP contribution in [0.5, 0.6) is 0 Å². The number of hydrogen-bond acceptors (Lipinski definition) is 5. The van der Waals surface area contributed by atoms with Gasteiger partial charge in [-0.3, -0.25) is 9.59 Å². The maximum Gasteiger partial charge on any atom is 0.306 e. The molecule has 3 N–H and O–H groups in total. The number of allylic oxidation sites excluding steroid dienone is 13. The number of carbonyl (C=O) groups excluding carboxylic acids is 2. The lowest BCUT2D eigenvalue weighted by Gasteiger charge is -2.24. The third-order valence-electron chi connectivity index (χ3n) is 11.0. The fraction of sp³-hybridized carbons (Fsp3) is 0.709. The van der Waals surface area contributed by atoms with Crippen LogP contribution in [0.15, 0.2) is 85.1 Å². The van der Waals surface area contributed by atoms with Gasteiger partial charge in [-0.05, 0) is 64.2 Å². The SMILES string of the molecule is CC/C=C\C/C=C\C/C=C\C/C=C\C/C=C\CC(CC(=O)NC(CO)C(O)CCCCCCCCCCCCCCCC)OC(=O)CC/C=C/C/C=C\CCCCCCCC. The Kier molecular flexibility index (Phi) is 45.7. The highest BCUT2D eigenvalue weighted by molar-refractivity contribution is 5.77. The minimum atomic E-state index is -0.824. The molecule has 0 bridgehead atoms. The minimum Gasteiger partial charge on any atom is -0.461 e. The number of esters is 1. The van der Waals surface area contributed by atoms with Crippen LogP contribution in [0.2, 0.25) is 0 Å². The van der Waals surface area contributed by atoms with Crippen molar-refractivity contribution in [2.24, 2.45) is 0 Å². The average Bonchev–Trinajstić information content (AvgIpc) is 3.25. The second-order valence-corrected chi connectivity index (χ2v) is 16.8. The lowest BCUT2D eigenvalue weighted by molar-refractivity contribution is -0.150. The molecule has 3 unspecified atom stereocenters. The van der Waals surface area contributed by atoms with Gasteiger partial charge >= 0.3 is 5.97 Å². The van der Waals surface area contributed by atoms with Crippen LogP contribution in [0.3, 0.4) is 0 Å². The molecular weight excluding hydrogens is 755 g/mol. The summed E-state index contributed by atoms with van der Waals surface area (Å²) in [5.74, 6) is -0.665. The summed E-state index contributed by atoms with van der Waals surface area (Å²) in [4.78, 5) is 26.0. The van der Waals surface area contributed by atoms with Crippen molar-refractivity contribution >= 4 is 11.9 Å². The Labute approximate surface area is 376 Å². The summed E-state index contributed by atoms with van der Waals surface area (Å²) in [7, 11) is 0. The molecule has 0 aromatic carbocycles. The van der Waals surface area contributed by atoms with Crippen molar-refractivity contribution in [3.05, 3.63) is 85.1 Å². The van der Waals surface area contributed by atoms with Gasteiger partial charge in [0.15, 0.2) is 0 Å². The van der Waals surface area contributed by atoms with E-state index >= 15 is 0 Å². The van der Waals surface area contributed by atoms with Gasteiger partial charge in [-0.2, -0.15) is 0 Å². The molecule has 0 aromatic rings. The lowest BCUT2D eigenvalue weighted by Crippen LogP contribution is -2.46. The maximum absolute atomic E-state index is 13.2. The Bertz CT molecular complexity index is 1180. The summed E-state index contributed by atoms with van der Waals surface area (Å²) in [6.07, 6.45) is 62.4. The molecule has 0 fully saturated rings. The molecule has 0 spiro atoms. The molecule has 0 aliphatic heterocycles. The fourth-order valence-corrected chi connectivity index (χ4v) is 7.15. The minimum absolute atomic E-state index is 0.0264. The van der Waals surface area contributed by atoms with Gasteiger partial charge in [0, 0.05) is 12.8 Å². The first-order valence-electron chi connectivity index (χ1n) is 25.3. The summed E-state index contributed by atoms with van der Waals surface area (Å²) in [6.45, 7) is 6.31. The maximum atomic E-state index is 13.2. The number of unbranched alkanes of at least 4 members (excludes halogenated alkanes) is 19. The van der Waals surface area contributed by atoms with Crippen molar-refractivity contribution in [3.8, 4) is 0 Å². The van der Waals surface area contributed by atoms with Crippen LogP contribution in [-0.2, 0) is 14.3 Å². The monoisotopic (exact) mass is 850 g/mol. The van der Waals surface area contributed by atoms with Gasteiger partial charge in [0.05, 0.1) is 25.2 Å². The first-order chi connectivity index (χ1) is 30.0. The Morgan fingerprint density at radius 2 is 0.918 bits per heavy atom. The summed E-state index contributed by atoms with van der Waals surface area (Å²) < 4.78 is 5.82. The highest BCUT2D eigenvalue weighted by atomic mass is 16.5. The second-order valence-electron chi connectivity index (χ2n) is 16.8. The molecule has 0 radical (unpaired) electrons. The molecule has 3 atom stereocenters. The first kappa shape index (κ1) is 58.0. The summed E-state index contributed by atoms with van der Waals surface area (Å²) in [5.41, 5.74) is 0. The van der Waals surface area contributed by atoms with Gasteiger partial charge in [0.1, 0.15) is 6.10 Å². The first-order valence-corrected chi connectivity index (χ1v) is 25.3. The van der Waals surface area contributed by atoms with E-state index in [0.29, 0.717) is 19.3 Å². The third-order valence-corrected chi connectivity index (χ3v) is 11.0. The topological polar surface area (TPSA) is 95.9 Å². The van der Waals surface area contributed by atoms with E-state index in [2.05, 4.69) is 92.9 Å². The van der Waals surface area contributed by atoms with Crippen molar-refractivity contribution < 1.29 is 24.5 Å². The van der Waals surface area contributed by atoms with Crippen LogP contribution in [0.25, 0.3) is 0 Å². The predicted molar refractivity (Wildman–Crippen MR) is 264 cm³/mol. The van der Waals surface area contributed by atoms with Gasteiger partial charge < -0.3 is 20.3 Å². The predicted octanol–water partition coefficient (Wildman–Crippen LogP) is 15.2. The number of aliphatic hydroxyl groups is 2. The smallest absolute Gasteiger partial charge is 0.306 e. The quantitative estimate of drug-likeness (QED) is 0.0322.